The van der Waals surface area contributed by atoms with Crippen LogP contribution in [0.25, 0.3) is 16.7 Å². The van der Waals surface area contributed by atoms with Crippen LogP contribution in [0, 0.1) is 0 Å². The molecular weight excluding hydrogens is 420 g/mol. The van der Waals surface area contributed by atoms with E-state index in [1.54, 1.807) is 4.68 Å². The summed E-state index contributed by atoms with van der Waals surface area (Å²) in [6, 6.07) is 9.78. The quantitative estimate of drug-likeness (QED) is 0.165. The fourth-order valence-electron chi connectivity index (χ4n) is 2.73. The Kier molecular flexibility index (Phi) is 8.82. The van der Waals surface area contributed by atoms with Crippen LogP contribution in [0.5, 0.6) is 11.8 Å². The normalized spacial score (nSPS) is 11.0. The molecule has 0 saturated heterocycles. The maximum atomic E-state index is 10.8. The van der Waals surface area contributed by atoms with E-state index >= 15 is 0 Å². The highest BCUT2D eigenvalue weighted by molar-refractivity contribution is 7.99. The molecule has 0 N–H and O–H groups in total. The summed E-state index contributed by atoms with van der Waals surface area (Å²) in [5.74, 6) is 3.24. The van der Waals surface area contributed by atoms with E-state index in [1.807, 2.05) is 49.0 Å². The van der Waals surface area contributed by atoms with Crippen LogP contribution < -0.4 is 9.47 Å². The second-order valence-electron chi connectivity index (χ2n) is 6.29. The van der Waals surface area contributed by atoms with Gasteiger partial charge in [0.05, 0.1) is 24.7 Å². The molecule has 1 aromatic carbocycles. The second kappa shape index (κ2) is 11.8. The lowest BCUT2D eigenvalue weighted by atomic mass is 10.3. The molecule has 0 fully saturated rings. The average Bonchev–Trinajstić information content (AvgIpc) is 3.14. The SMILES string of the molecule is CCCCSCCOc1c2nc(SCC=O)nc(OCC)c2nn1-c1ccccc1. The van der Waals surface area contributed by atoms with Gasteiger partial charge in [-0.15, -0.1) is 0 Å². The number of rotatable bonds is 13. The number of unbranched alkanes of at least 4 members (excludes halogenated alkanes) is 1. The van der Waals surface area contributed by atoms with E-state index in [0.717, 1.165) is 23.5 Å². The van der Waals surface area contributed by atoms with Crippen molar-refractivity contribution in [2.45, 2.75) is 31.8 Å². The Hall–Kier alpha value is -2.26. The lowest BCUT2D eigenvalue weighted by Gasteiger charge is -2.09. The summed E-state index contributed by atoms with van der Waals surface area (Å²) in [6.45, 7) is 5.09. The van der Waals surface area contributed by atoms with Crippen LogP contribution in [0.3, 0.4) is 0 Å². The number of hydrogen-bond donors (Lipinski definition) is 0. The van der Waals surface area contributed by atoms with E-state index in [-0.39, 0.29) is 5.75 Å². The summed E-state index contributed by atoms with van der Waals surface area (Å²) < 4.78 is 13.6. The minimum absolute atomic E-state index is 0.272. The number of para-hydroxylation sites is 1. The number of hydrogen-bond acceptors (Lipinski definition) is 8. The Morgan fingerprint density at radius 2 is 1.90 bits per heavy atom. The number of ether oxygens (including phenoxy) is 2. The first-order valence-electron chi connectivity index (χ1n) is 10.0. The molecular formula is C21H26N4O3S2. The Labute approximate surface area is 185 Å². The fraction of sp³-hybridized carbons (Fsp3) is 0.429. The number of carbonyl (C=O) groups excluding carboxylic acids is 1. The summed E-state index contributed by atoms with van der Waals surface area (Å²) in [4.78, 5) is 19.9. The Balaban J connectivity index is 1.99. The summed E-state index contributed by atoms with van der Waals surface area (Å²) in [5.41, 5.74) is 2.00. The predicted octanol–water partition coefficient (Wildman–Crippen LogP) is 4.42. The first kappa shape index (κ1) is 22.4. The molecule has 0 amide bonds. The predicted molar refractivity (Wildman–Crippen MR) is 122 cm³/mol. The Morgan fingerprint density at radius 3 is 2.63 bits per heavy atom. The molecule has 0 saturated carbocycles. The van der Waals surface area contributed by atoms with Gasteiger partial charge in [-0.3, -0.25) is 0 Å². The smallest absolute Gasteiger partial charge is 0.246 e. The standard InChI is InChI=1S/C21H26N4O3S2/c1-3-5-13-29-15-12-28-20-18-17(24-25(20)16-9-7-6-8-10-16)19(27-4-2)23-21(22-18)30-14-11-26/h6-11H,3-5,12-15H2,1-2H3. The van der Waals surface area contributed by atoms with Crippen molar-refractivity contribution in [3.05, 3.63) is 30.3 Å². The third-order valence-electron chi connectivity index (χ3n) is 4.10. The number of benzene rings is 1. The zero-order valence-corrected chi connectivity index (χ0v) is 18.9. The van der Waals surface area contributed by atoms with Gasteiger partial charge in [-0.1, -0.05) is 43.3 Å². The number of fused-ring (bicyclic) bond motifs is 1. The molecule has 0 unspecified atom stereocenters. The van der Waals surface area contributed by atoms with Crippen molar-refractivity contribution in [2.24, 2.45) is 0 Å². The molecule has 7 nitrogen and oxygen atoms in total. The van der Waals surface area contributed by atoms with Gasteiger partial charge in [-0.05, 0) is 31.2 Å². The van der Waals surface area contributed by atoms with E-state index in [9.17, 15) is 4.79 Å². The molecule has 3 rings (SSSR count). The van der Waals surface area contributed by atoms with Crippen molar-refractivity contribution >= 4 is 40.8 Å². The minimum atomic E-state index is 0.272. The highest BCUT2D eigenvalue weighted by Gasteiger charge is 2.22. The summed E-state index contributed by atoms with van der Waals surface area (Å²) in [6.07, 6.45) is 3.23. The molecule has 160 valence electrons. The molecule has 0 atom stereocenters. The van der Waals surface area contributed by atoms with Crippen LogP contribution in [0.2, 0.25) is 0 Å². The van der Waals surface area contributed by atoms with Crippen LogP contribution in [0.4, 0.5) is 0 Å². The molecule has 0 bridgehead atoms. The number of nitrogens with zero attached hydrogens (tertiary/aromatic N) is 4. The van der Waals surface area contributed by atoms with E-state index in [0.29, 0.717) is 41.2 Å². The fourth-order valence-corrected chi connectivity index (χ4v) is 4.15. The number of aldehydes is 1. The maximum Gasteiger partial charge on any atom is 0.246 e. The molecule has 0 radical (unpaired) electrons. The topological polar surface area (TPSA) is 79.1 Å². The first-order chi connectivity index (χ1) is 14.8. The Morgan fingerprint density at radius 1 is 1.07 bits per heavy atom. The summed E-state index contributed by atoms with van der Waals surface area (Å²) in [5, 5.41) is 5.17. The molecule has 0 aliphatic carbocycles. The summed E-state index contributed by atoms with van der Waals surface area (Å²) in [7, 11) is 0. The third kappa shape index (κ3) is 5.66. The van der Waals surface area contributed by atoms with Crippen molar-refractivity contribution in [2.75, 3.05) is 30.5 Å². The van der Waals surface area contributed by atoms with Gasteiger partial charge in [0.15, 0.2) is 16.2 Å². The number of aromatic nitrogens is 4. The van der Waals surface area contributed by atoms with Gasteiger partial charge in [0.2, 0.25) is 11.8 Å². The molecule has 30 heavy (non-hydrogen) atoms. The molecule has 3 aromatic rings. The molecule has 9 heteroatoms. The molecule has 0 spiro atoms. The van der Waals surface area contributed by atoms with Crippen LogP contribution in [0.15, 0.2) is 35.5 Å². The lowest BCUT2D eigenvalue weighted by molar-refractivity contribution is -0.105. The highest BCUT2D eigenvalue weighted by atomic mass is 32.2. The maximum absolute atomic E-state index is 10.8. The molecule has 0 aliphatic heterocycles. The first-order valence-corrected chi connectivity index (χ1v) is 12.2. The van der Waals surface area contributed by atoms with Gasteiger partial charge in [-0.2, -0.15) is 26.5 Å². The van der Waals surface area contributed by atoms with Crippen LogP contribution in [-0.2, 0) is 4.79 Å². The van der Waals surface area contributed by atoms with Gasteiger partial charge in [0.1, 0.15) is 6.29 Å². The number of thioether (sulfide) groups is 2. The van der Waals surface area contributed by atoms with Crippen LogP contribution in [-0.4, -0.2) is 56.5 Å². The second-order valence-corrected chi connectivity index (χ2v) is 8.50. The van der Waals surface area contributed by atoms with Gasteiger partial charge in [-0.25, -0.2) is 4.98 Å². The van der Waals surface area contributed by atoms with Crippen molar-refractivity contribution in [1.82, 2.24) is 19.7 Å². The minimum Gasteiger partial charge on any atom is -0.476 e. The largest absolute Gasteiger partial charge is 0.476 e. The monoisotopic (exact) mass is 446 g/mol. The van der Waals surface area contributed by atoms with Gasteiger partial charge < -0.3 is 14.3 Å². The van der Waals surface area contributed by atoms with E-state index in [2.05, 4.69) is 16.9 Å². The highest BCUT2D eigenvalue weighted by Crippen LogP contribution is 2.33. The van der Waals surface area contributed by atoms with Crippen molar-refractivity contribution < 1.29 is 14.3 Å². The van der Waals surface area contributed by atoms with E-state index < -0.39 is 0 Å². The molecule has 0 aliphatic rings. The Bertz CT molecular complexity index is 950. The zero-order valence-electron chi connectivity index (χ0n) is 17.2. The van der Waals surface area contributed by atoms with Crippen LogP contribution in [0.1, 0.15) is 26.7 Å². The lowest BCUT2D eigenvalue weighted by Crippen LogP contribution is -2.06. The van der Waals surface area contributed by atoms with Gasteiger partial charge in [0, 0.05) is 5.75 Å². The van der Waals surface area contributed by atoms with Gasteiger partial charge in [0.25, 0.3) is 0 Å². The van der Waals surface area contributed by atoms with Crippen molar-refractivity contribution in [3.8, 4) is 17.4 Å². The molecule has 2 heterocycles. The van der Waals surface area contributed by atoms with E-state index in [4.69, 9.17) is 14.6 Å². The van der Waals surface area contributed by atoms with E-state index in [1.165, 1.54) is 24.6 Å². The molecule has 2 aromatic heterocycles. The average molecular weight is 447 g/mol. The van der Waals surface area contributed by atoms with Gasteiger partial charge >= 0.3 is 0 Å². The van der Waals surface area contributed by atoms with Crippen LogP contribution >= 0.6 is 23.5 Å². The number of carbonyl (C=O) groups is 1. The summed E-state index contributed by atoms with van der Waals surface area (Å²) >= 11 is 3.14. The van der Waals surface area contributed by atoms with Crippen molar-refractivity contribution in [1.29, 1.82) is 0 Å². The van der Waals surface area contributed by atoms with Crippen molar-refractivity contribution in [3.63, 3.8) is 0 Å². The zero-order chi connectivity index (χ0) is 21.2. The third-order valence-corrected chi connectivity index (χ3v) is 5.87.